The van der Waals surface area contributed by atoms with Gasteiger partial charge in [0.25, 0.3) is 5.91 Å². The van der Waals surface area contributed by atoms with Crippen molar-refractivity contribution in [2.45, 2.75) is 46.6 Å². The molecule has 0 saturated heterocycles. The lowest BCUT2D eigenvalue weighted by Crippen LogP contribution is -2.38. The van der Waals surface area contributed by atoms with E-state index in [1.54, 1.807) is 12.1 Å². The quantitative estimate of drug-likeness (QED) is 0.514. The second kappa shape index (κ2) is 9.70. The fraction of sp³-hybridized carbons (Fsp3) is 0.474. The molecule has 1 aromatic rings. The Hall–Kier alpha value is -2.90. The summed E-state index contributed by atoms with van der Waals surface area (Å²) in [5, 5.41) is 16.6. The van der Waals surface area contributed by atoms with Gasteiger partial charge in [0.2, 0.25) is 11.8 Å². The minimum atomic E-state index is -1.12. The molecule has 8 nitrogen and oxygen atoms in total. The molecule has 148 valence electrons. The summed E-state index contributed by atoms with van der Waals surface area (Å²) in [6.45, 7) is 7.26. The maximum Gasteiger partial charge on any atom is 0.325 e. The number of nitrogens with one attached hydrogen (secondary N) is 3. The van der Waals surface area contributed by atoms with E-state index in [0.717, 1.165) is 0 Å². The van der Waals surface area contributed by atoms with Crippen molar-refractivity contribution in [3.05, 3.63) is 29.8 Å². The van der Waals surface area contributed by atoms with E-state index in [9.17, 15) is 19.2 Å². The van der Waals surface area contributed by atoms with Crippen LogP contribution in [0.25, 0.3) is 0 Å². The van der Waals surface area contributed by atoms with Crippen molar-refractivity contribution in [3.8, 4) is 0 Å². The van der Waals surface area contributed by atoms with Gasteiger partial charge in [0.1, 0.15) is 6.04 Å². The molecule has 27 heavy (non-hydrogen) atoms. The maximum absolute atomic E-state index is 11.9. The molecule has 0 saturated carbocycles. The first-order valence-electron chi connectivity index (χ1n) is 8.72. The number of aliphatic carboxylic acids is 1. The zero-order valence-electron chi connectivity index (χ0n) is 16.1. The topological polar surface area (TPSA) is 125 Å². The highest BCUT2D eigenvalue weighted by Crippen LogP contribution is 2.13. The van der Waals surface area contributed by atoms with Crippen LogP contribution in [0.4, 0.5) is 5.69 Å². The van der Waals surface area contributed by atoms with Crippen molar-refractivity contribution < 1.29 is 24.3 Å². The molecule has 3 amide bonds. The first-order valence-corrected chi connectivity index (χ1v) is 8.72. The van der Waals surface area contributed by atoms with Crippen molar-refractivity contribution in [2.24, 2.45) is 5.41 Å². The summed E-state index contributed by atoms with van der Waals surface area (Å²) in [5.41, 5.74) is 0.367. The van der Waals surface area contributed by atoms with Crippen LogP contribution in [0.5, 0.6) is 0 Å². The van der Waals surface area contributed by atoms with Crippen molar-refractivity contribution in [2.75, 3.05) is 11.9 Å². The largest absolute Gasteiger partial charge is 0.480 e. The number of anilines is 1. The van der Waals surface area contributed by atoms with Crippen LogP contribution < -0.4 is 16.0 Å². The number of rotatable bonds is 8. The van der Waals surface area contributed by atoms with E-state index < -0.39 is 23.3 Å². The van der Waals surface area contributed by atoms with Crippen LogP contribution in [-0.4, -0.2) is 41.4 Å². The average Bonchev–Trinajstić information content (AvgIpc) is 2.58. The van der Waals surface area contributed by atoms with Crippen LogP contribution in [-0.2, 0) is 14.4 Å². The zero-order valence-corrected chi connectivity index (χ0v) is 16.1. The third-order valence-corrected chi connectivity index (χ3v) is 3.70. The van der Waals surface area contributed by atoms with Gasteiger partial charge in [-0.1, -0.05) is 20.8 Å². The number of carboxylic acid groups (broad SMARTS) is 1. The second-order valence-electron chi connectivity index (χ2n) is 7.27. The number of carbonyl (C=O) groups excluding carboxylic acids is 3. The molecule has 1 atom stereocenters. The normalized spacial score (nSPS) is 12.0. The molecule has 8 heteroatoms. The molecule has 0 heterocycles. The molecular weight excluding hydrogens is 350 g/mol. The Morgan fingerprint density at radius 3 is 2.19 bits per heavy atom. The van der Waals surface area contributed by atoms with E-state index in [2.05, 4.69) is 16.0 Å². The van der Waals surface area contributed by atoms with Crippen LogP contribution in [0.1, 0.15) is 50.9 Å². The van der Waals surface area contributed by atoms with Crippen LogP contribution in [0, 0.1) is 5.41 Å². The summed E-state index contributed by atoms with van der Waals surface area (Å²) in [4.78, 5) is 46.3. The molecule has 0 bridgehead atoms. The predicted octanol–water partition coefficient (Wildman–Crippen LogP) is 1.77. The van der Waals surface area contributed by atoms with Gasteiger partial charge >= 0.3 is 5.97 Å². The Bertz CT molecular complexity index is 692. The van der Waals surface area contributed by atoms with Crippen LogP contribution in [0.3, 0.4) is 0 Å². The smallest absolute Gasteiger partial charge is 0.325 e. The number of hydrogen-bond acceptors (Lipinski definition) is 4. The molecule has 0 aliphatic rings. The Labute approximate surface area is 158 Å². The van der Waals surface area contributed by atoms with Crippen molar-refractivity contribution >= 4 is 29.4 Å². The Kier molecular flexibility index (Phi) is 7.96. The summed E-state index contributed by atoms with van der Waals surface area (Å²) >= 11 is 0. The summed E-state index contributed by atoms with van der Waals surface area (Å²) in [6, 6.07) is 5.15. The number of benzene rings is 1. The Morgan fingerprint density at radius 2 is 1.67 bits per heavy atom. The SMILES string of the molecule is CC(NC(=O)c1ccc(NC(=O)CCCNC(=O)C(C)(C)C)cc1)C(=O)O. The fourth-order valence-electron chi connectivity index (χ4n) is 1.99. The molecule has 1 unspecified atom stereocenters. The van der Waals surface area contributed by atoms with Crippen LogP contribution in [0.15, 0.2) is 24.3 Å². The van der Waals surface area contributed by atoms with E-state index in [0.29, 0.717) is 24.2 Å². The van der Waals surface area contributed by atoms with Crippen LogP contribution >= 0.6 is 0 Å². The van der Waals surface area contributed by atoms with Crippen LogP contribution in [0.2, 0.25) is 0 Å². The van der Waals surface area contributed by atoms with Gasteiger partial charge in [0.05, 0.1) is 0 Å². The standard InChI is InChI=1S/C19H27N3O5/c1-12(17(25)26)21-16(24)13-7-9-14(10-8-13)22-15(23)6-5-11-20-18(27)19(2,3)4/h7-10,12H,5-6,11H2,1-4H3,(H,20,27)(H,21,24)(H,22,23)(H,25,26). The molecule has 0 aliphatic carbocycles. The van der Waals surface area contributed by atoms with Gasteiger partial charge in [0, 0.05) is 29.6 Å². The number of amides is 3. The molecule has 0 aliphatic heterocycles. The first kappa shape index (κ1) is 22.1. The molecule has 1 rings (SSSR count). The lowest BCUT2D eigenvalue weighted by molar-refractivity contribution is -0.138. The van der Waals surface area contributed by atoms with Gasteiger partial charge < -0.3 is 21.1 Å². The third-order valence-electron chi connectivity index (χ3n) is 3.70. The molecule has 0 spiro atoms. The van der Waals surface area contributed by atoms with E-state index in [-0.39, 0.29) is 18.2 Å². The van der Waals surface area contributed by atoms with Crippen molar-refractivity contribution in [3.63, 3.8) is 0 Å². The highest BCUT2D eigenvalue weighted by atomic mass is 16.4. The van der Waals surface area contributed by atoms with Crippen molar-refractivity contribution in [1.29, 1.82) is 0 Å². The van der Waals surface area contributed by atoms with E-state index >= 15 is 0 Å². The van der Waals surface area contributed by atoms with Gasteiger partial charge in [0.15, 0.2) is 0 Å². The highest BCUT2D eigenvalue weighted by molar-refractivity contribution is 5.97. The zero-order chi connectivity index (χ0) is 20.6. The molecular formula is C19H27N3O5. The van der Waals surface area contributed by atoms with Gasteiger partial charge in [-0.05, 0) is 37.6 Å². The van der Waals surface area contributed by atoms with E-state index in [4.69, 9.17) is 5.11 Å². The average molecular weight is 377 g/mol. The third kappa shape index (κ3) is 7.89. The molecule has 1 aromatic carbocycles. The Morgan fingerprint density at radius 1 is 1.07 bits per heavy atom. The summed E-state index contributed by atoms with van der Waals surface area (Å²) in [7, 11) is 0. The van der Waals surface area contributed by atoms with Gasteiger partial charge in [-0.3, -0.25) is 19.2 Å². The first-order chi connectivity index (χ1) is 12.5. The fourth-order valence-corrected chi connectivity index (χ4v) is 1.99. The van der Waals surface area contributed by atoms with E-state index in [1.807, 2.05) is 20.8 Å². The molecule has 0 fully saturated rings. The number of hydrogen-bond donors (Lipinski definition) is 4. The maximum atomic E-state index is 11.9. The minimum absolute atomic E-state index is 0.0611. The summed E-state index contributed by atoms with van der Waals surface area (Å²) < 4.78 is 0. The second-order valence-corrected chi connectivity index (χ2v) is 7.27. The number of carbonyl (C=O) groups is 4. The van der Waals surface area contributed by atoms with Gasteiger partial charge in [-0.15, -0.1) is 0 Å². The lowest BCUT2D eigenvalue weighted by atomic mass is 9.96. The summed E-state index contributed by atoms with van der Waals surface area (Å²) in [5.74, 6) is -1.88. The lowest BCUT2D eigenvalue weighted by Gasteiger charge is -2.17. The minimum Gasteiger partial charge on any atom is -0.480 e. The number of carboxylic acids is 1. The van der Waals surface area contributed by atoms with E-state index in [1.165, 1.54) is 19.1 Å². The molecule has 0 radical (unpaired) electrons. The van der Waals surface area contributed by atoms with Crippen molar-refractivity contribution in [1.82, 2.24) is 10.6 Å². The van der Waals surface area contributed by atoms with Gasteiger partial charge in [-0.25, -0.2) is 0 Å². The molecule has 0 aromatic heterocycles. The Balaban J connectivity index is 2.42. The predicted molar refractivity (Wildman–Crippen MR) is 101 cm³/mol. The monoisotopic (exact) mass is 377 g/mol. The van der Waals surface area contributed by atoms with Gasteiger partial charge in [-0.2, -0.15) is 0 Å². The highest BCUT2D eigenvalue weighted by Gasteiger charge is 2.20. The summed E-state index contributed by atoms with van der Waals surface area (Å²) in [6.07, 6.45) is 0.768. The molecule has 4 N–H and O–H groups in total.